The van der Waals surface area contributed by atoms with Crippen molar-refractivity contribution in [2.45, 2.75) is 38.5 Å². The summed E-state index contributed by atoms with van der Waals surface area (Å²) in [7, 11) is -0.773. The molecule has 1 aliphatic heterocycles. The van der Waals surface area contributed by atoms with Gasteiger partial charge in [-0.15, -0.1) is 0 Å². The van der Waals surface area contributed by atoms with Gasteiger partial charge in [-0.2, -0.15) is 0 Å². The van der Waals surface area contributed by atoms with Crippen LogP contribution < -0.4 is 0 Å². The maximum absolute atomic E-state index is 14.7. The molecular formula is C18H21FOS. The van der Waals surface area contributed by atoms with Crippen molar-refractivity contribution in [2.75, 3.05) is 11.5 Å². The summed E-state index contributed by atoms with van der Waals surface area (Å²) < 4.78 is 26.2. The highest BCUT2D eigenvalue weighted by atomic mass is 32.2. The summed E-state index contributed by atoms with van der Waals surface area (Å²) in [5, 5.41) is 0. The molecule has 1 unspecified atom stereocenters. The Kier molecular flexibility index (Phi) is 4.39. The minimum Gasteiger partial charge on any atom is -0.259 e. The van der Waals surface area contributed by atoms with Gasteiger partial charge < -0.3 is 0 Å². The third kappa shape index (κ3) is 3.03. The number of hydrogen-bond donors (Lipinski definition) is 0. The Labute approximate surface area is 128 Å². The minimum atomic E-state index is -0.773. The van der Waals surface area contributed by atoms with Crippen LogP contribution in [0.25, 0.3) is 11.6 Å². The topological polar surface area (TPSA) is 17.1 Å². The molecule has 1 atom stereocenters. The lowest BCUT2D eigenvalue weighted by Crippen LogP contribution is -2.12. The number of allylic oxidation sites excluding steroid dienone is 2. The molecule has 0 aromatic heterocycles. The Morgan fingerprint density at radius 2 is 2.14 bits per heavy atom. The first-order valence-electron chi connectivity index (χ1n) is 7.69. The molecule has 1 aromatic carbocycles. The molecule has 1 heterocycles. The van der Waals surface area contributed by atoms with Crippen LogP contribution in [0.2, 0.25) is 0 Å². The summed E-state index contributed by atoms with van der Waals surface area (Å²) >= 11 is 0. The second-order valence-electron chi connectivity index (χ2n) is 5.88. The third-order valence-electron chi connectivity index (χ3n) is 4.50. The van der Waals surface area contributed by atoms with E-state index in [0.717, 1.165) is 16.7 Å². The van der Waals surface area contributed by atoms with Crippen molar-refractivity contribution in [2.24, 2.45) is 0 Å². The van der Waals surface area contributed by atoms with Gasteiger partial charge in [-0.25, -0.2) is 4.39 Å². The van der Waals surface area contributed by atoms with E-state index in [4.69, 9.17) is 0 Å². The summed E-state index contributed by atoms with van der Waals surface area (Å²) in [5.74, 6) is 1.61. The predicted octanol–water partition coefficient (Wildman–Crippen LogP) is 4.66. The molecule has 0 amide bonds. The molecule has 0 saturated heterocycles. The van der Waals surface area contributed by atoms with Crippen LogP contribution in [0.4, 0.5) is 4.39 Å². The van der Waals surface area contributed by atoms with E-state index in [1.54, 1.807) is 6.07 Å². The van der Waals surface area contributed by atoms with Crippen molar-refractivity contribution in [1.82, 2.24) is 0 Å². The smallest absolute Gasteiger partial charge is 0.131 e. The molecule has 0 spiro atoms. The molecule has 1 fully saturated rings. The second kappa shape index (κ2) is 6.27. The van der Waals surface area contributed by atoms with Gasteiger partial charge in [0.25, 0.3) is 0 Å². The van der Waals surface area contributed by atoms with Gasteiger partial charge in [-0.3, -0.25) is 4.21 Å². The molecule has 0 N–H and O–H groups in total. The highest BCUT2D eigenvalue weighted by Gasteiger charge is 2.23. The van der Waals surface area contributed by atoms with Crippen LogP contribution in [-0.2, 0) is 10.8 Å². The Bertz CT molecular complexity index is 626. The van der Waals surface area contributed by atoms with Gasteiger partial charge in [-0.05, 0) is 54.9 Å². The number of rotatable bonds is 3. The highest BCUT2D eigenvalue weighted by molar-refractivity contribution is 7.85. The summed E-state index contributed by atoms with van der Waals surface area (Å²) in [4.78, 5) is 0. The van der Waals surface area contributed by atoms with E-state index in [9.17, 15) is 8.60 Å². The Balaban J connectivity index is 2.04. The van der Waals surface area contributed by atoms with Crippen molar-refractivity contribution in [3.05, 3.63) is 46.8 Å². The fraction of sp³-hybridized carbons (Fsp3) is 0.444. The van der Waals surface area contributed by atoms with Crippen LogP contribution in [-0.4, -0.2) is 15.7 Å². The van der Waals surface area contributed by atoms with E-state index < -0.39 is 10.8 Å². The fourth-order valence-corrected chi connectivity index (χ4v) is 4.11. The highest BCUT2D eigenvalue weighted by Crippen LogP contribution is 2.39. The van der Waals surface area contributed by atoms with Crippen LogP contribution in [0, 0.1) is 5.82 Å². The van der Waals surface area contributed by atoms with Gasteiger partial charge in [0.1, 0.15) is 5.82 Å². The largest absolute Gasteiger partial charge is 0.259 e. The van der Waals surface area contributed by atoms with Gasteiger partial charge in [0, 0.05) is 27.9 Å². The minimum absolute atomic E-state index is 0.119. The zero-order chi connectivity index (χ0) is 14.8. The van der Waals surface area contributed by atoms with Crippen LogP contribution >= 0.6 is 0 Å². The van der Waals surface area contributed by atoms with Crippen molar-refractivity contribution in [3.8, 4) is 0 Å². The zero-order valence-electron chi connectivity index (χ0n) is 12.4. The molecule has 0 bridgehead atoms. The molecule has 2 aliphatic rings. The van der Waals surface area contributed by atoms with E-state index in [-0.39, 0.29) is 5.82 Å². The maximum Gasteiger partial charge on any atom is 0.131 e. The van der Waals surface area contributed by atoms with Gasteiger partial charge >= 0.3 is 0 Å². The number of benzene rings is 1. The molecule has 1 aliphatic carbocycles. The first-order valence-corrected chi connectivity index (χ1v) is 9.18. The van der Waals surface area contributed by atoms with E-state index in [0.29, 0.717) is 29.4 Å². The lowest BCUT2D eigenvalue weighted by atomic mass is 9.78. The molecular weight excluding hydrogens is 283 g/mol. The first-order chi connectivity index (χ1) is 10.2. The third-order valence-corrected chi connectivity index (χ3v) is 5.70. The van der Waals surface area contributed by atoms with Gasteiger partial charge in [0.2, 0.25) is 0 Å². The normalized spacial score (nSPS) is 23.1. The average Bonchev–Trinajstić information content (AvgIpc) is 2.39. The van der Waals surface area contributed by atoms with Crippen molar-refractivity contribution in [1.29, 1.82) is 0 Å². The van der Waals surface area contributed by atoms with E-state index in [1.165, 1.54) is 19.3 Å². The van der Waals surface area contributed by atoms with E-state index >= 15 is 0 Å². The van der Waals surface area contributed by atoms with Gasteiger partial charge in [0.15, 0.2) is 0 Å². The van der Waals surface area contributed by atoms with Gasteiger partial charge in [0.05, 0.1) is 0 Å². The Hall–Kier alpha value is -1.22. The van der Waals surface area contributed by atoms with Crippen LogP contribution in [0.1, 0.15) is 55.2 Å². The standard InChI is InChI=1S/C18H21FOS/c1-2-4-15-11-16(13-5-3-6-13)12-17(19)18(15)14-7-9-21(20)10-8-14/h2,4,7,11-13H,3,5-6,8-10H2,1H3/b4-2+. The predicted molar refractivity (Wildman–Crippen MR) is 88.2 cm³/mol. The molecule has 3 heteroatoms. The lowest BCUT2D eigenvalue weighted by molar-refractivity contribution is 0.418. The van der Waals surface area contributed by atoms with Crippen LogP contribution in [0.3, 0.4) is 0 Å². The van der Waals surface area contributed by atoms with Crippen molar-refractivity contribution in [3.63, 3.8) is 0 Å². The average molecular weight is 304 g/mol. The quantitative estimate of drug-likeness (QED) is 0.793. The molecule has 1 saturated carbocycles. The monoisotopic (exact) mass is 304 g/mol. The fourth-order valence-electron chi connectivity index (χ4n) is 3.11. The molecule has 21 heavy (non-hydrogen) atoms. The summed E-state index contributed by atoms with van der Waals surface area (Å²) in [6.45, 7) is 1.96. The van der Waals surface area contributed by atoms with Crippen LogP contribution in [0.15, 0.2) is 24.3 Å². The summed E-state index contributed by atoms with van der Waals surface area (Å²) in [6.07, 6.45) is 10.2. The van der Waals surface area contributed by atoms with E-state index in [1.807, 2.05) is 25.2 Å². The lowest BCUT2D eigenvalue weighted by Gasteiger charge is -2.27. The summed E-state index contributed by atoms with van der Waals surface area (Å²) in [5.41, 5.74) is 3.84. The van der Waals surface area contributed by atoms with Crippen LogP contribution in [0.5, 0.6) is 0 Å². The van der Waals surface area contributed by atoms with Gasteiger partial charge in [-0.1, -0.05) is 30.7 Å². The number of halogens is 1. The zero-order valence-corrected chi connectivity index (χ0v) is 13.2. The molecule has 3 rings (SSSR count). The van der Waals surface area contributed by atoms with Crippen molar-refractivity contribution < 1.29 is 8.60 Å². The maximum atomic E-state index is 14.7. The molecule has 1 aromatic rings. The summed E-state index contributed by atoms with van der Waals surface area (Å²) in [6, 6.07) is 3.87. The number of hydrogen-bond acceptors (Lipinski definition) is 1. The molecule has 1 nitrogen and oxygen atoms in total. The molecule has 112 valence electrons. The van der Waals surface area contributed by atoms with Crippen molar-refractivity contribution >= 4 is 22.4 Å². The SMILES string of the molecule is C/C=C/c1cc(C2CCC2)cc(F)c1C1=CCS(=O)CC1. The first kappa shape index (κ1) is 14.7. The second-order valence-corrected chi connectivity index (χ2v) is 7.51. The Morgan fingerprint density at radius 1 is 1.33 bits per heavy atom. The molecule has 0 radical (unpaired) electrons. The van der Waals surface area contributed by atoms with E-state index in [2.05, 4.69) is 6.07 Å². The Morgan fingerprint density at radius 3 is 2.71 bits per heavy atom.